The van der Waals surface area contributed by atoms with Gasteiger partial charge in [-0.05, 0) is 77.8 Å². The highest BCUT2D eigenvalue weighted by Gasteiger charge is 2.28. The summed E-state index contributed by atoms with van der Waals surface area (Å²) in [4.78, 5) is 26.8. The Bertz CT molecular complexity index is 707. The van der Waals surface area contributed by atoms with Crippen LogP contribution in [0.5, 0.6) is 0 Å². The average Bonchev–Trinajstić information content (AvgIpc) is 3.07. The van der Waals surface area contributed by atoms with Crippen molar-refractivity contribution in [2.24, 2.45) is 11.3 Å². The topological polar surface area (TPSA) is 85.3 Å². The fourth-order valence-electron chi connectivity index (χ4n) is 6.35. The van der Waals surface area contributed by atoms with Crippen molar-refractivity contribution < 1.29 is 28.9 Å². The summed E-state index contributed by atoms with van der Waals surface area (Å²) in [5.74, 6) is 0.771. The van der Waals surface area contributed by atoms with E-state index in [1.807, 2.05) is 13.8 Å². The molecule has 0 unspecified atom stereocenters. The van der Waals surface area contributed by atoms with Gasteiger partial charge in [-0.25, -0.2) is 4.79 Å². The van der Waals surface area contributed by atoms with Crippen molar-refractivity contribution in [2.75, 3.05) is 46.1 Å². The van der Waals surface area contributed by atoms with Crippen LogP contribution in [0.2, 0.25) is 0 Å². The highest BCUT2D eigenvalue weighted by Crippen LogP contribution is 2.26. The maximum absolute atomic E-state index is 12.6. The highest BCUT2D eigenvalue weighted by atomic mass is 16.7. The molecule has 0 fully saturated rings. The average molecular weight is 684 g/mol. The number of aliphatic hydroxyl groups excluding tert-OH is 1. The molecule has 0 rings (SSSR count). The van der Waals surface area contributed by atoms with Gasteiger partial charge >= 0.3 is 12.1 Å². The summed E-state index contributed by atoms with van der Waals surface area (Å²) in [6, 6.07) is 0. The van der Waals surface area contributed by atoms with E-state index in [-0.39, 0.29) is 12.6 Å². The summed E-state index contributed by atoms with van der Waals surface area (Å²) in [5, 5.41) is 9.51. The number of ether oxygens (including phenoxy) is 3. The Morgan fingerprint density at radius 2 is 0.979 bits per heavy atom. The monoisotopic (exact) mass is 684 g/mol. The normalized spacial score (nSPS) is 11.8. The standard InChI is InChI=1S/C41H81NO6/c1-6-9-12-13-14-18-24-35-46-39(44)41(4,5)30-21-15-16-22-31-42(33-34-43)32-23-17-19-25-36-47-40(45)48-37-26-20-29-38(27-10-7-2)28-11-8-3/h38,43H,6-37H2,1-5H3. The maximum Gasteiger partial charge on any atom is 0.508 e. The first-order chi connectivity index (χ1) is 23.3. The van der Waals surface area contributed by atoms with Crippen LogP contribution in [0, 0.1) is 11.3 Å². The first-order valence-corrected chi connectivity index (χ1v) is 20.6. The van der Waals surface area contributed by atoms with Gasteiger partial charge in [-0.2, -0.15) is 0 Å². The number of hydrogen-bond donors (Lipinski definition) is 1. The predicted molar refractivity (Wildman–Crippen MR) is 202 cm³/mol. The zero-order valence-corrected chi connectivity index (χ0v) is 32.6. The Balaban J connectivity index is 3.84. The van der Waals surface area contributed by atoms with Crippen molar-refractivity contribution >= 4 is 12.1 Å². The lowest BCUT2D eigenvalue weighted by Crippen LogP contribution is -2.29. The number of aliphatic hydroxyl groups is 1. The van der Waals surface area contributed by atoms with Gasteiger partial charge in [0.15, 0.2) is 0 Å². The largest absolute Gasteiger partial charge is 0.508 e. The first-order valence-electron chi connectivity index (χ1n) is 20.6. The SMILES string of the molecule is CCCCCCCCCOC(=O)C(C)(C)CCCCCCN(CCO)CCCCCCOC(=O)OCCCCC(CCCC)CCCC. The van der Waals surface area contributed by atoms with Gasteiger partial charge in [-0.1, -0.05) is 136 Å². The van der Waals surface area contributed by atoms with E-state index in [4.69, 9.17) is 14.2 Å². The minimum atomic E-state index is -0.528. The number of unbranched alkanes of at least 4 members (excludes halogenated alkanes) is 15. The van der Waals surface area contributed by atoms with Gasteiger partial charge in [0, 0.05) is 6.54 Å². The maximum atomic E-state index is 12.6. The van der Waals surface area contributed by atoms with Crippen molar-refractivity contribution in [1.29, 1.82) is 0 Å². The third-order valence-electron chi connectivity index (χ3n) is 9.72. The van der Waals surface area contributed by atoms with Gasteiger partial charge < -0.3 is 24.2 Å². The van der Waals surface area contributed by atoms with Crippen LogP contribution in [0.15, 0.2) is 0 Å². The van der Waals surface area contributed by atoms with Gasteiger partial charge in [-0.3, -0.25) is 4.79 Å². The zero-order chi connectivity index (χ0) is 35.6. The molecule has 0 heterocycles. The summed E-state index contributed by atoms with van der Waals surface area (Å²) in [6.45, 7) is 15.1. The lowest BCUT2D eigenvalue weighted by atomic mass is 9.87. The fourth-order valence-corrected chi connectivity index (χ4v) is 6.35. The van der Waals surface area contributed by atoms with Crippen LogP contribution in [0.4, 0.5) is 4.79 Å². The molecule has 0 aliphatic carbocycles. The van der Waals surface area contributed by atoms with E-state index in [2.05, 4.69) is 25.7 Å². The molecule has 48 heavy (non-hydrogen) atoms. The molecule has 0 saturated carbocycles. The molecule has 0 saturated heterocycles. The third kappa shape index (κ3) is 29.6. The Labute approximate surface area is 298 Å². The number of esters is 1. The molecule has 7 nitrogen and oxygen atoms in total. The molecule has 0 aliphatic rings. The number of carbonyl (C=O) groups is 2. The van der Waals surface area contributed by atoms with E-state index in [1.54, 1.807) is 0 Å². The predicted octanol–water partition coefficient (Wildman–Crippen LogP) is 11.4. The minimum absolute atomic E-state index is 0.0522. The van der Waals surface area contributed by atoms with Crippen molar-refractivity contribution in [2.45, 2.75) is 195 Å². The van der Waals surface area contributed by atoms with E-state index < -0.39 is 11.6 Å². The second kappa shape index (κ2) is 34.1. The van der Waals surface area contributed by atoms with Crippen molar-refractivity contribution in [3.8, 4) is 0 Å². The van der Waals surface area contributed by atoms with E-state index in [9.17, 15) is 14.7 Å². The molecular weight excluding hydrogens is 602 g/mol. The molecule has 0 aromatic carbocycles. The van der Waals surface area contributed by atoms with E-state index >= 15 is 0 Å². The zero-order valence-electron chi connectivity index (χ0n) is 32.6. The van der Waals surface area contributed by atoms with Crippen LogP contribution in [-0.4, -0.2) is 68.2 Å². The summed E-state index contributed by atoms with van der Waals surface area (Å²) < 4.78 is 16.2. The summed E-state index contributed by atoms with van der Waals surface area (Å²) >= 11 is 0. The molecule has 0 aliphatic heterocycles. The lowest BCUT2D eigenvalue weighted by molar-refractivity contribution is -0.154. The van der Waals surface area contributed by atoms with E-state index in [1.165, 1.54) is 77.0 Å². The number of carbonyl (C=O) groups excluding carboxylic acids is 2. The van der Waals surface area contributed by atoms with Crippen LogP contribution >= 0.6 is 0 Å². The second-order valence-corrected chi connectivity index (χ2v) is 14.9. The molecule has 0 aromatic heterocycles. The van der Waals surface area contributed by atoms with Gasteiger partial charge in [0.05, 0.1) is 31.8 Å². The van der Waals surface area contributed by atoms with Crippen molar-refractivity contribution in [3.05, 3.63) is 0 Å². The summed E-state index contributed by atoms with van der Waals surface area (Å²) in [5.41, 5.74) is -0.416. The molecule has 286 valence electrons. The molecular formula is C41H81NO6. The van der Waals surface area contributed by atoms with Crippen LogP contribution in [0.25, 0.3) is 0 Å². The quantitative estimate of drug-likeness (QED) is 0.0519. The Morgan fingerprint density at radius 3 is 1.52 bits per heavy atom. The molecule has 0 atom stereocenters. The third-order valence-corrected chi connectivity index (χ3v) is 9.72. The first kappa shape index (κ1) is 46.7. The fraction of sp³-hybridized carbons (Fsp3) is 0.951. The number of hydrogen-bond acceptors (Lipinski definition) is 7. The number of rotatable bonds is 36. The molecule has 0 radical (unpaired) electrons. The Hall–Kier alpha value is -1.34. The molecule has 0 bridgehead atoms. The summed E-state index contributed by atoms with van der Waals surface area (Å²) in [7, 11) is 0. The second-order valence-electron chi connectivity index (χ2n) is 14.9. The highest BCUT2D eigenvalue weighted by molar-refractivity contribution is 5.75. The van der Waals surface area contributed by atoms with Gasteiger partial charge in [0.1, 0.15) is 0 Å². The Morgan fingerprint density at radius 1 is 0.542 bits per heavy atom. The molecule has 0 amide bonds. The van der Waals surface area contributed by atoms with Gasteiger partial charge in [0.2, 0.25) is 0 Å². The minimum Gasteiger partial charge on any atom is -0.465 e. The van der Waals surface area contributed by atoms with Crippen LogP contribution in [0.3, 0.4) is 0 Å². The molecule has 0 spiro atoms. The Kier molecular flexibility index (Phi) is 33.2. The van der Waals surface area contributed by atoms with Crippen LogP contribution < -0.4 is 0 Å². The van der Waals surface area contributed by atoms with Gasteiger partial charge in [0.25, 0.3) is 0 Å². The smallest absolute Gasteiger partial charge is 0.465 e. The number of nitrogens with zero attached hydrogens (tertiary/aromatic N) is 1. The van der Waals surface area contributed by atoms with Gasteiger partial charge in [-0.15, -0.1) is 0 Å². The summed E-state index contributed by atoms with van der Waals surface area (Å²) in [6.07, 6.45) is 28.5. The van der Waals surface area contributed by atoms with Crippen LogP contribution in [-0.2, 0) is 19.0 Å². The van der Waals surface area contributed by atoms with Crippen LogP contribution in [0.1, 0.15) is 195 Å². The lowest BCUT2D eigenvalue weighted by Gasteiger charge is -2.23. The van der Waals surface area contributed by atoms with Crippen molar-refractivity contribution in [1.82, 2.24) is 4.90 Å². The van der Waals surface area contributed by atoms with Crippen molar-refractivity contribution in [3.63, 3.8) is 0 Å². The van der Waals surface area contributed by atoms with E-state index in [0.717, 1.165) is 102 Å². The molecule has 0 aromatic rings. The molecule has 1 N–H and O–H groups in total. The van der Waals surface area contributed by atoms with E-state index in [0.29, 0.717) is 26.4 Å². The molecule has 7 heteroatoms.